The molecule has 1 aromatic rings. The Hall–Kier alpha value is -1.57. The van der Waals surface area contributed by atoms with Crippen LogP contribution in [0.15, 0.2) is 0 Å². The number of nitrogens with one attached hydrogen (secondary N) is 2. The van der Waals surface area contributed by atoms with Crippen molar-refractivity contribution >= 4 is 5.91 Å². The zero-order chi connectivity index (χ0) is 15.8. The number of carbonyl (C=O) groups is 1. The van der Waals surface area contributed by atoms with E-state index in [4.69, 9.17) is 0 Å². The first-order chi connectivity index (χ1) is 9.58. The molecule has 2 rings (SSSR count). The van der Waals surface area contributed by atoms with Gasteiger partial charge >= 0.3 is 6.18 Å². The Labute approximate surface area is 120 Å². The number of rotatable bonds is 2. The Kier molecular flexibility index (Phi) is 4.01. The Morgan fingerprint density at radius 2 is 2.05 bits per heavy atom. The van der Waals surface area contributed by atoms with Crippen LogP contribution in [-0.4, -0.2) is 27.5 Å². The van der Waals surface area contributed by atoms with Gasteiger partial charge in [-0.25, -0.2) is 4.98 Å². The van der Waals surface area contributed by atoms with Crippen LogP contribution >= 0.6 is 0 Å². The summed E-state index contributed by atoms with van der Waals surface area (Å²) >= 11 is 0. The van der Waals surface area contributed by atoms with Gasteiger partial charge in [0.25, 0.3) is 0 Å². The number of fused-ring (bicyclic) bond motifs is 1. The molecule has 118 valence electrons. The highest BCUT2D eigenvalue weighted by Gasteiger charge is 2.39. The lowest BCUT2D eigenvalue weighted by molar-refractivity contribution is -0.147. The van der Waals surface area contributed by atoms with Crippen molar-refractivity contribution in [3.05, 3.63) is 17.2 Å². The predicted octanol–water partition coefficient (Wildman–Crippen LogP) is 1.46. The lowest BCUT2D eigenvalue weighted by atomic mass is 10.1. The molecule has 2 heterocycles. The molecule has 0 fully saturated rings. The number of imidazole rings is 1. The largest absolute Gasteiger partial charge is 0.449 e. The summed E-state index contributed by atoms with van der Waals surface area (Å²) in [6, 6.07) is 0. The van der Waals surface area contributed by atoms with Gasteiger partial charge in [0.1, 0.15) is 6.54 Å². The van der Waals surface area contributed by atoms with E-state index in [1.54, 1.807) is 20.8 Å². The van der Waals surface area contributed by atoms with Crippen molar-refractivity contribution in [2.45, 2.75) is 52.0 Å². The molecule has 2 N–H and O–H groups in total. The van der Waals surface area contributed by atoms with Crippen LogP contribution in [0.25, 0.3) is 0 Å². The van der Waals surface area contributed by atoms with Crippen LogP contribution in [0.5, 0.6) is 0 Å². The van der Waals surface area contributed by atoms with E-state index in [1.807, 2.05) is 0 Å². The van der Waals surface area contributed by atoms with Crippen LogP contribution in [0.2, 0.25) is 0 Å². The highest BCUT2D eigenvalue weighted by atomic mass is 19.4. The van der Waals surface area contributed by atoms with E-state index >= 15 is 0 Å². The maximum Gasteiger partial charge on any atom is 0.449 e. The number of hydrogen-bond donors (Lipinski definition) is 2. The van der Waals surface area contributed by atoms with E-state index in [9.17, 15) is 18.0 Å². The van der Waals surface area contributed by atoms with Crippen molar-refractivity contribution in [3.8, 4) is 0 Å². The molecule has 1 amide bonds. The Bertz CT molecular complexity index is 543. The summed E-state index contributed by atoms with van der Waals surface area (Å²) in [4.78, 5) is 15.6. The first-order valence-electron chi connectivity index (χ1n) is 6.75. The first-order valence-corrected chi connectivity index (χ1v) is 6.75. The zero-order valence-corrected chi connectivity index (χ0v) is 12.3. The molecule has 5 nitrogen and oxygen atoms in total. The van der Waals surface area contributed by atoms with Gasteiger partial charge in [-0.1, -0.05) is 0 Å². The Balaban J connectivity index is 2.33. The quantitative estimate of drug-likeness (QED) is 0.870. The Morgan fingerprint density at radius 1 is 1.38 bits per heavy atom. The molecule has 1 aromatic heterocycles. The first kappa shape index (κ1) is 15.8. The fourth-order valence-electron chi connectivity index (χ4n) is 2.36. The SMILES string of the molecule is CC(C)(C)NC(=O)Cn1c(C(F)(F)F)nc2c1CCNC2. The van der Waals surface area contributed by atoms with E-state index in [0.717, 1.165) is 4.57 Å². The van der Waals surface area contributed by atoms with E-state index < -0.39 is 23.4 Å². The monoisotopic (exact) mass is 304 g/mol. The molecular weight excluding hydrogens is 285 g/mol. The van der Waals surface area contributed by atoms with Crippen molar-refractivity contribution in [3.63, 3.8) is 0 Å². The van der Waals surface area contributed by atoms with E-state index in [2.05, 4.69) is 15.6 Å². The van der Waals surface area contributed by atoms with Crippen molar-refractivity contribution in [1.29, 1.82) is 0 Å². The summed E-state index contributed by atoms with van der Waals surface area (Å²) < 4.78 is 40.3. The number of hydrogen-bond acceptors (Lipinski definition) is 3. The fraction of sp³-hybridized carbons (Fsp3) is 0.692. The summed E-state index contributed by atoms with van der Waals surface area (Å²) in [5.74, 6) is -1.45. The minimum atomic E-state index is -4.57. The smallest absolute Gasteiger partial charge is 0.350 e. The van der Waals surface area contributed by atoms with Gasteiger partial charge in [-0.15, -0.1) is 0 Å². The molecule has 0 radical (unpaired) electrons. The van der Waals surface area contributed by atoms with E-state index in [1.165, 1.54) is 0 Å². The molecule has 21 heavy (non-hydrogen) atoms. The number of nitrogens with zero attached hydrogens (tertiary/aromatic N) is 2. The molecule has 0 atom stereocenters. The normalized spacial score (nSPS) is 15.7. The van der Waals surface area contributed by atoms with Crippen LogP contribution in [0, 0.1) is 0 Å². The minimum Gasteiger partial charge on any atom is -0.350 e. The topological polar surface area (TPSA) is 59.0 Å². The third-order valence-corrected chi connectivity index (χ3v) is 3.06. The molecule has 0 saturated heterocycles. The van der Waals surface area contributed by atoms with Crippen molar-refractivity contribution in [2.24, 2.45) is 0 Å². The molecule has 0 spiro atoms. The number of halogens is 3. The van der Waals surface area contributed by atoms with Gasteiger partial charge in [-0.3, -0.25) is 4.79 Å². The van der Waals surface area contributed by atoms with Crippen LogP contribution in [0.4, 0.5) is 13.2 Å². The third-order valence-electron chi connectivity index (χ3n) is 3.06. The summed E-state index contributed by atoms with van der Waals surface area (Å²) in [5, 5.41) is 5.65. The van der Waals surface area contributed by atoms with Crippen LogP contribution < -0.4 is 10.6 Å². The fourth-order valence-corrected chi connectivity index (χ4v) is 2.36. The van der Waals surface area contributed by atoms with Gasteiger partial charge in [0, 0.05) is 30.7 Å². The number of aromatic nitrogens is 2. The van der Waals surface area contributed by atoms with Crippen LogP contribution in [0.1, 0.15) is 38.0 Å². The van der Waals surface area contributed by atoms with Gasteiger partial charge in [-0.2, -0.15) is 13.2 Å². The highest BCUT2D eigenvalue weighted by Crippen LogP contribution is 2.31. The highest BCUT2D eigenvalue weighted by molar-refractivity contribution is 5.76. The molecule has 0 bridgehead atoms. The minimum absolute atomic E-state index is 0.298. The molecule has 0 saturated carbocycles. The number of alkyl halides is 3. The van der Waals surface area contributed by atoms with Gasteiger partial charge in [0.15, 0.2) is 0 Å². The maximum atomic E-state index is 13.1. The van der Waals surface area contributed by atoms with Crippen molar-refractivity contribution < 1.29 is 18.0 Å². The van der Waals surface area contributed by atoms with E-state index in [-0.39, 0.29) is 6.54 Å². The van der Waals surface area contributed by atoms with Gasteiger partial charge in [0.2, 0.25) is 11.7 Å². The Morgan fingerprint density at radius 3 is 2.62 bits per heavy atom. The average molecular weight is 304 g/mol. The number of carbonyl (C=O) groups excluding carboxylic acids is 1. The summed E-state index contributed by atoms with van der Waals surface area (Å²) in [7, 11) is 0. The van der Waals surface area contributed by atoms with Crippen LogP contribution in [-0.2, 0) is 30.5 Å². The molecule has 1 aliphatic rings. The molecule has 0 unspecified atom stereocenters. The summed E-state index contributed by atoms with van der Waals surface area (Å²) in [5.41, 5.74) is 0.375. The second-order valence-electron chi connectivity index (χ2n) is 6.14. The van der Waals surface area contributed by atoms with Gasteiger partial charge in [0.05, 0.1) is 5.69 Å². The number of amides is 1. The average Bonchev–Trinajstić information content (AvgIpc) is 2.66. The third kappa shape index (κ3) is 3.75. The second kappa shape index (κ2) is 5.32. The standard InChI is InChI=1S/C13H19F3N4O/c1-12(2,3)19-10(21)7-20-9-4-5-17-6-8(9)18-11(20)13(14,15)16/h17H,4-7H2,1-3H3,(H,19,21). The second-order valence-corrected chi connectivity index (χ2v) is 6.14. The predicted molar refractivity (Wildman–Crippen MR) is 70.5 cm³/mol. The summed E-state index contributed by atoms with van der Waals surface area (Å²) in [6.07, 6.45) is -4.14. The lowest BCUT2D eigenvalue weighted by Gasteiger charge is -2.22. The van der Waals surface area contributed by atoms with E-state index in [0.29, 0.717) is 30.9 Å². The van der Waals surface area contributed by atoms with Gasteiger partial charge < -0.3 is 15.2 Å². The maximum absolute atomic E-state index is 13.1. The molecule has 8 heteroatoms. The van der Waals surface area contributed by atoms with Crippen molar-refractivity contribution in [1.82, 2.24) is 20.2 Å². The molecule has 0 aliphatic carbocycles. The molecule has 0 aromatic carbocycles. The van der Waals surface area contributed by atoms with Crippen LogP contribution in [0.3, 0.4) is 0 Å². The van der Waals surface area contributed by atoms with Gasteiger partial charge in [-0.05, 0) is 20.8 Å². The summed E-state index contributed by atoms with van der Waals surface area (Å²) in [6.45, 7) is 5.85. The van der Waals surface area contributed by atoms with Crippen molar-refractivity contribution in [2.75, 3.05) is 6.54 Å². The zero-order valence-electron chi connectivity index (χ0n) is 12.3. The molecular formula is C13H19F3N4O. The lowest BCUT2D eigenvalue weighted by Crippen LogP contribution is -2.43. The molecule has 1 aliphatic heterocycles.